The molecule has 1 N–H and O–H groups in total. The number of rotatable bonds is 10. The number of nitrogens with one attached hydrogen (secondary N) is 1. The first kappa shape index (κ1) is 19.4. The lowest BCUT2D eigenvalue weighted by Crippen LogP contribution is -2.42. The van der Waals surface area contributed by atoms with E-state index in [4.69, 9.17) is 14.2 Å². The first-order chi connectivity index (χ1) is 11.0. The van der Waals surface area contributed by atoms with Gasteiger partial charge in [-0.2, -0.15) is 0 Å². The number of nitrogens with zero attached hydrogens (tertiary/aromatic N) is 1. The van der Waals surface area contributed by atoms with Crippen molar-refractivity contribution in [1.82, 2.24) is 4.98 Å². The van der Waals surface area contributed by atoms with Gasteiger partial charge in [0.15, 0.2) is 0 Å². The Morgan fingerprint density at radius 1 is 1.30 bits per heavy atom. The minimum atomic E-state index is -0.836. The molecule has 0 spiro atoms. The number of pyridine rings is 1. The fourth-order valence-corrected chi connectivity index (χ4v) is 1.92. The van der Waals surface area contributed by atoms with E-state index in [0.717, 1.165) is 12.0 Å². The second kappa shape index (κ2) is 9.47. The summed E-state index contributed by atoms with van der Waals surface area (Å²) in [5.74, 6) is 0.378. The molecule has 0 aliphatic rings. The smallest absolute Gasteiger partial charge is 0.256 e. The molecule has 0 saturated carbocycles. The molecule has 6 nitrogen and oxygen atoms in total. The molecule has 1 amide bonds. The molecule has 1 heterocycles. The van der Waals surface area contributed by atoms with E-state index in [1.54, 1.807) is 20.2 Å². The highest BCUT2D eigenvalue weighted by atomic mass is 16.5. The van der Waals surface area contributed by atoms with E-state index in [1.807, 2.05) is 26.8 Å². The fourth-order valence-electron chi connectivity index (χ4n) is 1.92. The molecule has 0 aliphatic heterocycles. The quantitative estimate of drug-likeness (QED) is 0.670. The van der Waals surface area contributed by atoms with E-state index in [9.17, 15) is 4.79 Å². The maximum absolute atomic E-state index is 12.5. The Bertz CT molecular complexity index is 507. The van der Waals surface area contributed by atoms with Crippen LogP contribution in [0.4, 0.5) is 5.69 Å². The Morgan fingerprint density at radius 2 is 2.04 bits per heavy atom. The molecule has 130 valence electrons. The van der Waals surface area contributed by atoms with Crippen LogP contribution in [0.1, 0.15) is 39.2 Å². The van der Waals surface area contributed by atoms with Crippen molar-refractivity contribution >= 4 is 11.6 Å². The molecule has 1 aromatic rings. The number of hydrogen-bond donors (Lipinski definition) is 1. The van der Waals surface area contributed by atoms with Gasteiger partial charge in [-0.05, 0) is 32.8 Å². The lowest BCUT2D eigenvalue weighted by molar-refractivity contribution is -0.139. The van der Waals surface area contributed by atoms with Crippen molar-refractivity contribution in [2.75, 3.05) is 32.2 Å². The van der Waals surface area contributed by atoms with E-state index < -0.39 is 5.60 Å². The second-order valence-electron chi connectivity index (χ2n) is 5.57. The molecule has 1 aromatic heterocycles. The van der Waals surface area contributed by atoms with Crippen molar-refractivity contribution < 1.29 is 19.0 Å². The summed E-state index contributed by atoms with van der Waals surface area (Å²) in [7, 11) is 1.62. The van der Waals surface area contributed by atoms with Gasteiger partial charge in [-0.3, -0.25) is 4.79 Å². The summed E-state index contributed by atoms with van der Waals surface area (Å²) in [6.45, 7) is 9.15. The Labute approximate surface area is 138 Å². The molecule has 6 heteroatoms. The molecule has 1 rings (SSSR count). The molecular weight excluding hydrogens is 296 g/mol. The van der Waals surface area contributed by atoms with Gasteiger partial charge in [-0.1, -0.05) is 13.8 Å². The Balaban J connectivity index is 2.72. The molecule has 23 heavy (non-hydrogen) atoms. The summed E-state index contributed by atoms with van der Waals surface area (Å²) in [6.07, 6.45) is 3.06. The number of hydrogen-bond acceptors (Lipinski definition) is 5. The number of amides is 1. The van der Waals surface area contributed by atoms with Gasteiger partial charge in [0, 0.05) is 19.3 Å². The molecule has 0 radical (unpaired) electrons. The van der Waals surface area contributed by atoms with Crippen LogP contribution in [-0.4, -0.2) is 43.4 Å². The van der Waals surface area contributed by atoms with Crippen molar-refractivity contribution in [1.29, 1.82) is 0 Å². The van der Waals surface area contributed by atoms with E-state index >= 15 is 0 Å². The molecular formula is C17H28N2O4. The van der Waals surface area contributed by atoms with Gasteiger partial charge in [0.1, 0.15) is 12.2 Å². The third kappa shape index (κ3) is 5.80. The first-order valence-corrected chi connectivity index (χ1v) is 8.00. The van der Waals surface area contributed by atoms with E-state index in [2.05, 4.69) is 10.3 Å². The van der Waals surface area contributed by atoms with Crippen molar-refractivity contribution in [3.8, 4) is 5.88 Å². The highest BCUT2D eigenvalue weighted by Crippen LogP contribution is 2.22. The minimum Gasteiger partial charge on any atom is -0.475 e. The topological polar surface area (TPSA) is 69.7 Å². The third-order valence-electron chi connectivity index (χ3n) is 3.59. The van der Waals surface area contributed by atoms with Crippen molar-refractivity contribution in [3.05, 3.63) is 17.8 Å². The average molecular weight is 324 g/mol. The molecule has 1 atom stereocenters. The van der Waals surface area contributed by atoms with Crippen molar-refractivity contribution in [2.24, 2.45) is 0 Å². The molecule has 0 fully saturated rings. The molecule has 1 unspecified atom stereocenters. The highest BCUT2D eigenvalue weighted by molar-refractivity contribution is 5.97. The van der Waals surface area contributed by atoms with Gasteiger partial charge in [-0.15, -0.1) is 0 Å². The molecule has 0 saturated heterocycles. The number of aromatic nitrogens is 1. The van der Waals surface area contributed by atoms with Crippen LogP contribution in [0, 0.1) is 6.92 Å². The summed E-state index contributed by atoms with van der Waals surface area (Å²) in [4.78, 5) is 16.7. The van der Waals surface area contributed by atoms with E-state index in [0.29, 0.717) is 37.8 Å². The van der Waals surface area contributed by atoms with Gasteiger partial charge in [0.2, 0.25) is 5.88 Å². The zero-order chi connectivity index (χ0) is 17.3. The lowest BCUT2D eigenvalue weighted by atomic mass is 10.0. The molecule has 0 aromatic carbocycles. The Hall–Kier alpha value is -1.66. The Morgan fingerprint density at radius 3 is 2.61 bits per heavy atom. The van der Waals surface area contributed by atoms with Crippen LogP contribution in [0.15, 0.2) is 12.3 Å². The van der Waals surface area contributed by atoms with Crippen LogP contribution in [0.5, 0.6) is 5.88 Å². The number of ether oxygens (including phenoxy) is 3. The van der Waals surface area contributed by atoms with Gasteiger partial charge < -0.3 is 19.5 Å². The second-order valence-corrected chi connectivity index (χ2v) is 5.57. The van der Waals surface area contributed by atoms with E-state index in [-0.39, 0.29) is 5.91 Å². The van der Waals surface area contributed by atoms with Gasteiger partial charge in [0.05, 0.1) is 18.5 Å². The highest BCUT2D eigenvalue weighted by Gasteiger charge is 2.32. The summed E-state index contributed by atoms with van der Waals surface area (Å²) >= 11 is 0. The summed E-state index contributed by atoms with van der Waals surface area (Å²) in [5.41, 5.74) is 0.648. The fraction of sp³-hybridized carbons (Fsp3) is 0.647. The number of carbonyl (C=O) groups is 1. The van der Waals surface area contributed by atoms with Crippen LogP contribution < -0.4 is 10.1 Å². The number of anilines is 1. The van der Waals surface area contributed by atoms with Gasteiger partial charge in [0.25, 0.3) is 5.91 Å². The number of methoxy groups -OCH3 is 1. The Kier molecular flexibility index (Phi) is 7.98. The van der Waals surface area contributed by atoms with Crippen molar-refractivity contribution in [2.45, 2.75) is 46.1 Å². The first-order valence-electron chi connectivity index (χ1n) is 8.00. The predicted molar refractivity (Wildman–Crippen MR) is 89.9 cm³/mol. The maximum atomic E-state index is 12.5. The number of carbonyl (C=O) groups excluding carboxylic acids is 1. The van der Waals surface area contributed by atoms with Crippen molar-refractivity contribution in [3.63, 3.8) is 0 Å². The molecule has 0 bridgehead atoms. The predicted octanol–water partition coefficient (Wildman–Crippen LogP) is 2.95. The van der Waals surface area contributed by atoms with E-state index in [1.165, 1.54) is 0 Å². The summed E-state index contributed by atoms with van der Waals surface area (Å²) in [5, 5.41) is 2.87. The average Bonchev–Trinajstić information content (AvgIpc) is 2.54. The standard InChI is InChI=1S/C17H28N2O4/c1-6-8-23-17(4,7-2)16(20)19-14-11-13(3)15(18-12-14)22-10-9-21-5/h11-12H,6-10H2,1-5H3,(H,19,20). The summed E-state index contributed by atoms with van der Waals surface area (Å²) in [6, 6.07) is 1.84. The van der Waals surface area contributed by atoms with Crippen LogP contribution in [0.2, 0.25) is 0 Å². The normalized spacial score (nSPS) is 13.4. The minimum absolute atomic E-state index is 0.164. The van der Waals surface area contributed by atoms with Crippen LogP contribution >= 0.6 is 0 Å². The van der Waals surface area contributed by atoms with Crippen LogP contribution in [0.3, 0.4) is 0 Å². The summed E-state index contributed by atoms with van der Waals surface area (Å²) < 4.78 is 16.2. The third-order valence-corrected chi connectivity index (χ3v) is 3.59. The molecule has 0 aliphatic carbocycles. The number of aryl methyl sites for hydroxylation is 1. The monoisotopic (exact) mass is 324 g/mol. The lowest BCUT2D eigenvalue weighted by Gasteiger charge is -2.27. The zero-order valence-corrected chi connectivity index (χ0v) is 14.8. The van der Waals surface area contributed by atoms with Gasteiger partial charge >= 0.3 is 0 Å². The zero-order valence-electron chi connectivity index (χ0n) is 14.8. The largest absolute Gasteiger partial charge is 0.475 e. The SMILES string of the molecule is CCCOC(C)(CC)C(=O)Nc1cnc(OCCOC)c(C)c1. The van der Waals surface area contributed by atoms with Crippen LogP contribution in [0.25, 0.3) is 0 Å². The van der Waals surface area contributed by atoms with Crippen LogP contribution in [-0.2, 0) is 14.3 Å². The van der Waals surface area contributed by atoms with Gasteiger partial charge in [-0.25, -0.2) is 4.98 Å². The maximum Gasteiger partial charge on any atom is 0.256 e.